The second-order valence-electron chi connectivity index (χ2n) is 2.35. The fraction of sp³-hybridized carbons (Fsp3) is 0. The Morgan fingerprint density at radius 2 is 1.77 bits per heavy atom. The Morgan fingerprint density at radius 1 is 1.08 bits per heavy atom. The van der Waals surface area contributed by atoms with Crippen molar-refractivity contribution < 1.29 is 54.5 Å². The van der Waals surface area contributed by atoms with Gasteiger partial charge in [0.2, 0.25) is 0 Å². The van der Waals surface area contributed by atoms with E-state index in [1.165, 1.54) is 0 Å². The van der Waals surface area contributed by atoms with Gasteiger partial charge in [-0.25, -0.2) is 0 Å². The van der Waals surface area contributed by atoms with Gasteiger partial charge in [-0.15, -0.1) is 0 Å². The summed E-state index contributed by atoms with van der Waals surface area (Å²) in [5, 5.41) is 10.3. The van der Waals surface area contributed by atoms with Crippen LogP contribution in [0.4, 0.5) is 0 Å². The molecule has 13 heavy (non-hydrogen) atoms. The zero-order valence-corrected chi connectivity index (χ0v) is 8.66. The van der Waals surface area contributed by atoms with Crippen LogP contribution in [0.1, 0.15) is 0 Å². The summed E-state index contributed by atoms with van der Waals surface area (Å²) < 4.78 is 0. The van der Waals surface area contributed by atoms with Gasteiger partial charge in [0.1, 0.15) is 11.3 Å². The van der Waals surface area contributed by atoms with E-state index in [0.717, 1.165) is 5.39 Å². The summed E-state index contributed by atoms with van der Waals surface area (Å²) in [6.07, 6.45) is 1.67. The van der Waals surface area contributed by atoms with E-state index in [4.69, 9.17) is 0 Å². The molecule has 1 aromatic carbocycles. The van der Waals surface area contributed by atoms with E-state index < -0.39 is 0 Å². The molecule has 0 unspecified atom stereocenters. The number of phenols is 1. The second-order valence-corrected chi connectivity index (χ2v) is 2.35. The van der Waals surface area contributed by atoms with Crippen molar-refractivity contribution in [2.75, 3.05) is 0 Å². The first-order chi connectivity index (χ1) is 5.38. The van der Waals surface area contributed by atoms with Crippen LogP contribution < -0.4 is 0 Å². The second kappa shape index (κ2) is 6.11. The molecule has 0 aliphatic rings. The molecule has 1 N–H and O–H groups in total. The molecule has 0 atom stereocenters. The van der Waals surface area contributed by atoms with Gasteiger partial charge >= 0.3 is 0 Å². The Balaban J connectivity index is 0.000000720. The number of rotatable bonds is 0. The Bertz CT molecular complexity index is 389. The van der Waals surface area contributed by atoms with Crippen LogP contribution in [0.2, 0.25) is 0 Å². The number of nitrogens with zero attached hydrogens (tertiary/aromatic N) is 1. The molecule has 2 nitrogen and oxygen atoms in total. The molecule has 0 fully saturated rings. The van der Waals surface area contributed by atoms with Crippen molar-refractivity contribution in [1.82, 2.24) is 4.98 Å². The smallest absolute Gasteiger partial charge is 0.187 e. The van der Waals surface area contributed by atoms with E-state index in [1.807, 2.05) is 18.2 Å². The molecule has 0 aliphatic heterocycles. The third-order valence-electron chi connectivity index (χ3n) is 1.61. The summed E-state index contributed by atoms with van der Waals surface area (Å²) in [6.45, 7) is 0. The maximum Gasteiger partial charge on any atom is 0.187 e. The average Bonchev–Trinajstić information content (AvgIpc) is 2.06. The van der Waals surface area contributed by atoms with Gasteiger partial charge in [-0.3, -0.25) is 4.98 Å². The minimum Gasteiger partial charge on any atom is -0.506 e. The zero-order valence-electron chi connectivity index (χ0n) is 6.24. The number of aromatic hydroxyl groups is 1. The van der Waals surface area contributed by atoms with Crippen molar-refractivity contribution in [3.63, 3.8) is 0 Å². The van der Waals surface area contributed by atoms with E-state index in [1.54, 1.807) is 18.3 Å². The molecule has 0 saturated carbocycles. The number of benzene rings is 1. The molecular formula is C9H10AlEuNO. The van der Waals surface area contributed by atoms with Gasteiger partial charge in [0, 0.05) is 61.0 Å². The minimum absolute atomic E-state index is 0. The van der Waals surface area contributed by atoms with E-state index in [0.29, 0.717) is 5.52 Å². The Labute approximate surface area is 128 Å². The molecule has 0 saturated heterocycles. The minimum atomic E-state index is 0. The number of aromatic nitrogens is 1. The number of hydrogen-bond acceptors (Lipinski definition) is 2. The fourth-order valence-corrected chi connectivity index (χ4v) is 1.09. The van der Waals surface area contributed by atoms with Crippen molar-refractivity contribution in [1.29, 1.82) is 0 Å². The van der Waals surface area contributed by atoms with E-state index in [9.17, 15) is 5.11 Å². The van der Waals surface area contributed by atoms with Crippen LogP contribution in [0, 0.1) is 49.4 Å². The first-order valence-corrected chi connectivity index (χ1v) is 3.40. The van der Waals surface area contributed by atoms with Crippen LogP contribution in [-0.4, -0.2) is 27.5 Å². The first kappa shape index (κ1) is 13.5. The van der Waals surface area contributed by atoms with Crippen LogP contribution in [0.25, 0.3) is 10.9 Å². The molecule has 0 spiro atoms. The molecule has 0 bridgehead atoms. The summed E-state index contributed by atoms with van der Waals surface area (Å²) in [7, 11) is 0. The summed E-state index contributed by atoms with van der Waals surface area (Å²) in [6, 6.07) is 9.13. The molecule has 1 aromatic heterocycles. The molecule has 2 aromatic rings. The van der Waals surface area contributed by atoms with Crippen LogP contribution in [0.3, 0.4) is 0 Å². The molecule has 1 heterocycles. The number of para-hydroxylation sites is 1. The third-order valence-corrected chi connectivity index (χ3v) is 1.61. The van der Waals surface area contributed by atoms with E-state index >= 15 is 0 Å². The fourth-order valence-electron chi connectivity index (χ4n) is 1.09. The molecule has 0 amide bonds. The van der Waals surface area contributed by atoms with Gasteiger partial charge in [-0.2, -0.15) is 0 Å². The summed E-state index contributed by atoms with van der Waals surface area (Å²) in [5.41, 5.74) is 0.662. The van der Waals surface area contributed by atoms with Crippen molar-refractivity contribution >= 4 is 28.3 Å². The SMILES string of the molecule is Oc1cccc2cccnc12.[AlH3].[Eu]. The maximum absolute atomic E-state index is 9.31. The van der Waals surface area contributed by atoms with E-state index in [2.05, 4.69) is 4.98 Å². The summed E-state index contributed by atoms with van der Waals surface area (Å²) in [4.78, 5) is 4.03. The van der Waals surface area contributed by atoms with Gasteiger partial charge in [0.15, 0.2) is 17.4 Å². The molecule has 1 radical (unpaired) electrons. The maximum atomic E-state index is 9.31. The molecule has 4 heteroatoms. The van der Waals surface area contributed by atoms with Crippen molar-refractivity contribution in [2.24, 2.45) is 0 Å². The van der Waals surface area contributed by atoms with Gasteiger partial charge in [-0.1, -0.05) is 18.2 Å². The van der Waals surface area contributed by atoms with Gasteiger partial charge < -0.3 is 5.11 Å². The monoisotopic (exact) mass is 328 g/mol. The van der Waals surface area contributed by atoms with Gasteiger partial charge in [0.05, 0.1) is 0 Å². The van der Waals surface area contributed by atoms with Gasteiger partial charge in [-0.05, 0) is 12.1 Å². The Kier molecular flexibility index (Phi) is 6.37. The summed E-state index contributed by atoms with van der Waals surface area (Å²) in [5.74, 6) is 0.239. The van der Waals surface area contributed by atoms with Crippen molar-refractivity contribution in [3.8, 4) is 5.75 Å². The Hall–Kier alpha value is 0.547. The predicted octanol–water partition coefficient (Wildman–Crippen LogP) is 0.756. The quantitative estimate of drug-likeness (QED) is 0.725. The van der Waals surface area contributed by atoms with Crippen molar-refractivity contribution in [3.05, 3.63) is 36.5 Å². The molecule has 0 aliphatic carbocycles. The third kappa shape index (κ3) is 3.01. The van der Waals surface area contributed by atoms with Crippen LogP contribution in [0.15, 0.2) is 36.5 Å². The first-order valence-electron chi connectivity index (χ1n) is 3.40. The molecule has 2 rings (SSSR count). The number of phenolic OH excluding ortho intramolecular Hbond substituents is 1. The van der Waals surface area contributed by atoms with Crippen molar-refractivity contribution in [2.45, 2.75) is 0 Å². The van der Waals surface area contributed by atoms with E-state index in [-0.39, 0.29) is 72.5 Å². The topological polar surface area (TPSA) is 33.1 Å². The average molecular weight is 327 g/mol. The predicted molar refractivity (Wildman–Crippen MR) is 53.3 cm³/mol. The molecular weight excluding hydrogens is 317 g/mol. The van der Waals surface area contributed by atoms with Crippen LogP contribution in [-0.2, 0) is 0 Å². The normalized spacial score (nSPS) is 8.62. The zero-order chi connectivity index (χ0) is 7.68. The number of fused-ring (bicyclic) bond motifs is 1. The summed E-state index contributed by atoms with van der Waals surface area (Å²) >= 11 is 0. The van der Waals surface area contributed by atoms with Crippen LogP contribution in [0.5, 0.6) is 5.75 Å². The van der Waals surface area contributed by atoms with Gasteiger partial charge in [0.25, 0.3) is 0 Å². The standard InChI is InChI=1S/C9H7NO.Al.Eu.3H/c11-8-5-1-3-7-4-2-6-10-9(7)8;;;;;/h1-6,11H;;;;;. The van der Waals surface area contributed by atoms with Crippen LogP contribution >= 0.6 is 0 Å². The Morgan fingerprint density at radius 3 is 2.46 bits per heavy atom. The molecule has 67 valence electrons. The number of pyridine rings is 1. The number of hydrogen-bond donors (Lipinski definition) is 1. The largest absolute Gasteiger partial charge is 0.506 e.